The normalized spacial score (nSPS) is 8.14. The van der Waals surface area contributed by atoms with Gasteiger partial charge >= 0.3 is 11.9 Å². The second-order valence-corrected chi connectivity index (χ2v) is 2.54. The van der Waals surface area contributed by atoms with Crippen molar-refractivity contribution >= 4 is 11.9 Å². The number of carboxylic acids is 1. The third-order valence-corrected chi connectivity index (χ3v) is 1.16. The molecular formula is C10H18O4. The number of hydrogen-bond donors (Lipinski definition) is 1. The quantitative estimate of drug-likeness (QED) is 0.420. The lowest BCUT2D eigenvalue weighted by Crippen LogP contribution is -2.10. The number of rotatable bonds is 5. The molecule has 0 radical (unpaired) electrons. The van der Waals surface area contributed by atoms with Crippen molar-refractivity contribution < 1.29 is 19.4 Å². The lowest BCUT2D eigenvalue weighted by molar-refractivity contribution is -0.150. The number of carboxylic acid groups (broad SMARTS) is 1. The molecule has 0 saturated carbocycles. The molecule has 4 heteroatoms. The van der Waals surface area contributed by atoms with Gasteiger partial charge in [-0.1, -0.05) is 39.3 Å². The van der Waals surface area contributed by atoms with Gasteiger partial charge in [0.2, 0.25) is 0 Å². The molecule has 0 aliphatic heterocycles. The van der Waals surface area contributed by atoms with Crippen LogP contribution in [0.3, 0.4) is 0 Å². The van der Waals surface area contributed by atoms with Crippen molar-refractivity contribution in [1.82, 2.24) is 0 Å². The first-order valence-corrected chi connectivity index (χ1v) is 4.56. The highest BCUT2D eigenvalue weighted by Crippen LogP contribution is 1.85. The lowest BCUT2D eigenvalue weighted by atomic mass is 10.4. The van der Waals surface area contributed by atoms with E-state index in [1.807, 2.05) is 0 Å². The molecule has 0 rings (SSSR count). The van der Waals surface area contributed by atoms with E-state index in [2.05, 4.69) is 25.2 Å². The molecular weight excluding hydrogens is 184 g/mol. The molecule has 0 saturated heterocycles. The number of unbranched alkanes of at least 4 members (excludes halogenated alkanes) is 1. The van der Waals surface area contributed by atoms with Crippen LogP contribution in [0.15, 0.2) is 12.7 Å². The second kappa shape index (κ2) is 11.7. The van der Waals surface area contributed by atoms with E-state index < -0.39 is 18.4 Å². The molecule has 0 aromatic heterocycles. The molecule has 0 amide bonds. The van der Waals surface area contributed by atoms with E-state index in [4.69, 9.17) is 5.11 Å². The number of ether oxygens (including phenoxy) is 1. The van der Waals surface area contributed by atoms with Crippen molar-refractivity contribution in [2.75, 3.05) is 6.61 Å². The highest BCUT2D eigenvalue weighted by atomic mass is 16.5. The first-order valence-electron chi connectivity index (χ1n) is 4.56. The maximum absolute atomic E-state index is 10.4. The summed E-state index contributed by atoms with van der Waals surface area (Å²) in [6.45, 7) is 7.71. The van der Waals surface area contributed by atoms with Crippen LogP contribution in [-0.4, -0.2) is 23.7 Å². The zero-order chi connectivity index (χ0) is 11.4. The molecule has 0 aliphatic rings. The van der Waals surface area contributed by atoms with Crippen LogP contribution in [0.5, 0.6) is 0 Å². The van der Waals surface area contributed by atoms with Gasteiger partial charge in [-0.15, -0.1) is 0 Å². The van der Waals surface area contributed by atoms with Crippen molar-refractivity contribution in [2.24, 2.45) is 0 Å². The van der Waals surface area contributed by atoms with Crippen LogP contribution < -0.4 is 0 Å². The second-order valence-electron chi connectivity index (χ2n) is 2.54. The SMILES string of the molecule is C=CCOC(=O)CC(=O)O.CCCC. The van der Waals surface area contributed by atoms with E-state index in [0.717, 1.165) is 0 Å². The topological polar surface area (TPSA) is 63.6 Å². The lowest BCUT2D eigenvalue weighted by Gasteiger charge is -1.96. The van der Waals surface area contributed by atoms with Gasteiger partial charge in [-0.3, -0.25) is 9.59 Å². The Kier molecular flexibility index (Phi) is 12.7. The average Bonchev–Trinajstić information content (AvgIpc) is 2.14. The Balaban J connectivity index is 0. The van der Waals surface area contributed by atoms with Crippen LogP contribution in [0.2, 0.25) is 0 Å². The summed E-state index contributed by atoms with van der Waals surface area (Å²) in [6, 6.07) is 0. The predicted octanol–water partition coefficient (Wildman–Crippen LogP) is 2.00. The zero-order valence-electron chi connectivity index (χ0n) is 8.78. The summed E-state index contributed by atoms with van der Waals surface area (Å²) in [5, 5.41) is 8.06. The molecule has 82 valence electrons. The van der Waals surface area contributed by atoms with Crippen LogP contribution in [0, 0.1) is 0 Å². The third kappa shape index (κ3) is 17.0. The van der Waals surface area contributed by atoms with Crippen molar-refractivity contribution in [1.29, 1.82) is 0 Å². The van der Waals surface area contributed by atoms with Crippen LogP contribution in [-0.2, 0) is 14.3 Å². The first-order chi connectivity index (χ1) is 6.58. The molecule has 0 aromatic carbocycles. The third-order valence-electron chi connectivity index (χ3n) is 1.16. The van der Waals surface area contributed by atoms with Gasteiger partial charge in [-0.2, -0.15) is 0 Å². The van der Waals surface area contributed by atoms with Gasteiger partial charge < -0.3 is 9.84 Å². The minimum absolute atomic E-state index is 0.0616. The monoisotopic (exact) mass is 202 g/mol. The van der Waals surface area contributed by atoms with E-state index in [-0.39, 0.29) is 6.61 Å². The molecule has 0 aliphatic carbocycles. The molecule has 4 nitrogen and oxygen atoms in total. The fourth-order valence-corrected chi connectivity index (χ4v) is 0.326. The first kappa shape index (κ1) is 15.2. The van der Waals surface area contributed by atoms with Crippen molar-refractivity contribution in [3.8, 4) is 0 Å². The highest BCUT2D eigenvalue weighted by Gasteiger charge is 2.06. The molecule has 0 unspecified atom stereocenters. The van der Waals surface area contributed by atoms with Crippen molar-refractivity contribution in [2.45, 2.75) is 33.1 Å². The summed E-state index contributed by atoms with van der Waals surface area (Å²) in [4.78, 5) is 20.2. The van der Waals surface area contributed by atoms with E-state index in [9.17, 15) is 9.59 Å². The summed E-state index contributed by atoms with van der Waals surface area (Å²) >= 11 is 0. The molecule has 0 fully saturated rings. The number of hydrogen-bond acceptors (Lipinski definition) is 3. The molecule has 14 heavy (non-hydrogen) atoms. The van der Waals surface area contributed by atoms with Crippen LogP contribution in [0.4, 0.5) is 0 Å². The summed E-state index contributed by atoms with van der Waals surface area (Å²) in [5.74, 6) is -1.93. The van der Waals surface area contributed by atoms with E-state index >= 15 is 0 Å². The van der Waals surface area contributed by atoms with Crippen molar-refractivity contribution in [3.05, 3.63) is 12.7 Å². The molecule has 1 N–H and O–H groups in total. The van der Waals surface area contributed by atoms with Crippen molar-refractivity contribution in [3.63, 3.8) is 0 Å². The summed E-state index contributed by atoms with van der Waals surface area (Å²) in [6.07, 6.45) is 3.42. The highest BCUT2D eigenvalue weighted by molar-refractivity contribution is 5.90. The predicted molar refractivity (Wildman–Crippen MR) is 54.0 cm³/mol. The number of esters is 1. The summed E-state index contributed by atoms with van der Waals surface area (Å²) in [5.41, 5.74) is 0. The minimum atomic E-state index is -1.19. The van der Waals surface area contributed by atoms with Gasteiger partial charge in [-0.25, -0.2) is 0 Å². The van der Waals surface area contributed by atoms with E-state index in [1.54, 1.807) is 0 Å². The maximum Gasteiger partial charge on any atom is 0.317 e. The number of carbonyl (C=O) groups excluding carboxylic acids is 1. The molecule has 0 bridgehead atoms. The minimum Gasteiger partial charge on any atom is -0.481 e. The van der Waals surface area contributed by atoms with Gasteiger partial charge in [0.1, 0.15) is 13.0 Å². The molecule has 0 heterocycles. The zero-order valence-corrected chi connectivity index (χ0v) is 8.78. The average molecular weight is 202 g/mol. The van der Waals surface area contributed by atoms with Crippen LogP contribution in [0.25, 0.3) is 0 Å². The Hall–Kier alpha value is -1.32. The Labute approximate surface area is 84.6 Å². The fourth-order valence-electron chi connectivity index (χ4n) is 0.326. The fraction of sp³-hybridized carbons (Fsp3) is 0.600. The number of carbonyl (C=O) groups is 2. The molecule has 0 aromatic rings. The maximum atomic E-state index is 10.4. The standard InChI is InChI=1S/C6H8O4.C4H10/c1-2-3-10-6(9)4-5(7)8;1-3-4-2/h2H,1,3-4H2,(H,7,8);3-4H2,1-2H3. The van der Waals surface area contributed by atoms with Gasteiger partial charge in [0.25, 0.3) is 0 Å². The Morgan fingerprint density at radius 3 is 2.14 bits per heavy atom. The molecule has 0 atom stereocenters. The van der Waals surface area contributed by atoms with Gasteiger partial charge in [0.15, 0.2) is 0 Å². The van der Waals surface area contributed by atoms with Crippen LogP contribution >= 0.6 is 0 Å². The smallest absolute Gasteiger partial charge is 0.317 e. The van der Waals surface area contributed by atoms with Crippen LogP contribution in [0.1, 0.15) is 33.1 Å². The Morgan fingerprint density at radius 1 is 1.36 bits per heavy atom. The Bertz CT molecular complexity index is 173. The summed E-state index contributed by atoms with van der Waals surface area (Å²) in [7, 11) is 0. The van der Waals surface area contributed by atoms with Gasteiger partial charge in [0.05, 0.1) is 0 Å². The summed E-state index contributed by atoms with van der Waals surface area (Å²) < 4.78 is 4.36. The molecule has 0 spiro atoms. The van der Waals surface area contributed by atoms with Gasteiger partial charge in [0, 0.05) is 0 Å². The van der Waals surface area contributed by atoms with Gasteiger partial charge in [-0.05, 0) is 0 Å². The number of aliphatic carboxylic acids is 1. The van der Waals surface area contributed by atoms with E-state index in [0.29, 0.717) is 0 Å². The van der Waals surface area contributed by atoms with E-state index in [1.165, 1.54) is 18.9 Å². The largest absolute Gasteiger partial charge is 0.481 e. The Morgan fingerprint density at radius 2 is 1.86 bits per heavy atom.